The van der Waals surface area contributed by atoms with Crippen molar-refractivity contribution in [2.75, 3.05) is 9.80 Å². The summed E-state index contributed by atoms with van der Waals surface area (Å²) >= 11 is 0. The Hall–Kier alpha value is -8.40. The van der Waals surface area contributed by atoms with E-state index in [1.165, 1.54) is 55.3 Å². The molecule has 300 valence electrons. The van der Waals surface area contributed by atoms with Gasteiger partial charge in [0.25, 0.3) is 0 Å². The highest BCUT2D eigenvalue weighted by Crippen LogP contribution is 2.67. The molecule has 3 nitrogen and oxygen atoms in total. The van der Waals surface area contributed by atoms with E-state index >= 15 is 0 Å². The number of fused-ring (bicyclic) bond motifs is 13. The highest BCUT2D eigenvalue weighted by Gasteiger charge is 2.56. The molecule has 0 aliphatic heterocycles. The smallest absolute Gasteiger partial charge is 0.135 e. The average Bonchev–Trinajstić information content (AvgIpc) is 3.99. The third kappa shape index (κ3) is 5.28. The monoisotopic (exact) mass is 816 g/mol. The van der Waals surface area contributed by atoms with E-state index < -0.39 is 5.41 Å². The van der Waals surface area contributed by atoms with Crippen molar-refractivity contribution in [3.8, 4) is 33.4 Å². The van der Waals surface area contributed by atoms with E-state index in [9.17, 15) is 0 Å². The summed E-state index contributed by atoms with van der Waals surface area (Å²) in [5.74, 6) is 0.971. The maximum absolute atomic E-state index is 7.27. The van der Waals surface area contributed by atoms with Crippen molar-refractivity contribution in [1.82, 2.24) is 0 Å². The minimum absolute atomic E-state index is 0.748. The van der Waals surface area contributed by atoms with E-state index in [1.807, 2.05) is 0 Å². The van der Waals surface area contributed by atoms with Crippen molar-refractivity contribution in [1.29, 1.82) is 0 Å². The molecule has 0 saturated carbocycles. The topological polar surface area (TPSA) is 19.6 Å². The lowest BCUT2D eigenvalue weighted by atomic mass is 9.73. The number of nitrogens with zero attached hydrogens (tertiary/aromatic N) is 2. The lowest BCUT2D eigenvalue weighted by Gasteiger charge is -2.32. The fourth-order valence-corrected chi connectivity index (χ4v) is 10.8. The summed E-state index contributed by atoms with van der Waals surface area (Å²) in [6.45, 7) is 0. The van der Waals surface area contributed by atoms with Crippen molar-refractivity contribution in [2.45, 2.75) is 5.41 Å². The maximum Gasteiger partial charge on any atom is 0.135 e. The first kappa shape index (κ1) is 36.3. The Balaban J connectivity index is 1.09. The highest BCUT2D eigenvalue weighted by molar-refractivity contribution is 6.08. The number of benzene rings is 10. The first-order valence-corrected chi connectivity index (χ1v) is 22.0. The minimum atomic E-state index is -0.748. The summed E-state index contributed by atoms with van der Waals surface area (Å²) in [7, 11) is 0. The number of rotatable bonds is 7. The second-order valence-electron chi connectivity index (χ2n) is 16.8. The molecule has 2 aliphatic carbocycles. The quantitative estimate of drug-likeness (QED) is 0.160. The molecule has 1 aromatic heterocycles. The van der Waals surface area contributed by atoms with Gasteiger partial charge in [-0.25, -0.2) is 0 Å². The Kier molecular flexibility index (Phi) is 8.13. The first-order chi connectivity index (χ1) is 31.8. The summed E-state index contributed by atoms with van der Waals surface area (Å²) in [4.78, 5) is 4.84. The van der Waals surface area contributed by atoms with Crippen molar-refractivity contribution in [3.63, 3.8) is 0 Å². The van der Waals surface area contributed by atoms with Crippen LogP contribution in [0.3, 0.4) is 0 Å². The van der Waals surface area contributed by atoms with Crippen LogP contribution in [0.1, 0.15) is 22.5 Å². The van der Waals surface area contributed by atoms with Gasteiger partial charge in [0.2, 0.25) is 0 Å². The van der Waals surface area contributed by atoms with E-state index in [-0.39, 0.29) is 0 Å². The zero-order valence-electron chi connectivity index (χ0n) is 34.9. The molecule has 10 aromatic carbocycles. The van der Waals surface area contributed by atoms with Crippen LogP contribution in [0.2, 0.25) is 0 Å². The van der Waals surface area contributed by atoms with Crippen LogP contribution < -0.4 is 9.80 Å². The van der Waals surface area contributed by atoms with Crippen molar-refractivity contribution in [2.24, 2.45) is 0 Å². The molecular formula is C61H40N2O. The fraction of sp³-hybridized carbons (Fsp3) is 0.0164. The standard InChI is InChI=1S/C61H40N2O/c1-4-18-41(19-5-1)42-34-36-46(37-35-42)62(44-22-6-2-7-23-44)47-38-39-50-54(40-47)61(60-58(50)51-28-13-15-33-57(51)64-60)52-29-14-12-27-49(52)59-53(61)30-17-32-56(59)63(45-24-8-3-9-25-45)55-31-16-21-43-20-10-11-26-48(43)55/h1-40H. The van der Waals surface area contributed by atoms with Gasteiger partial charge in [-0.15, -0.1) is 0 Å². The second kappa shape index (κ2) is 14.3. The molecule has 0 bridgehead atoms. The number of furan rings is 1. The fourth-order valence-electron chi connectivity index (χ4n) is 10.8. The van der Waals surface area contributed by atoms with Crippen LogP contribution in [0, 0.1) is 0 Å². The Bertz CT molecular complexity index is 3550. The van der Waals surface area contributed by atoms with Gasteiger partial charge < -0.3 is 14.2 Å². The van der Waals surface area contributed by atoms with Gasteiger partial charge >= 0.3 is 0 Å². The molecule has 0 amide bonds. The van der Waals surface area contributed by atoms with Gasteiger partial charge in [0.1, 0.15) is 16.8 Å². The van der Waals surface area contributed by atoms with Crippen molar-refractivity contribution in [3.05, 3.63) is 265 Å². The van der Waals surface area contributed by atoms with E-state index in [4.69, 9.17) is 4.42 Å². The number of hydrogen-bond donors (Lipinski definition) is 0. The van der Waals surface area contributed by atoms with Crippen LogP contribution in [0.15, 0.2) is 247 Å². The lowest BCUT2D eigenvalue weighted by molar-refractivity contribution is 0.507. The van der Waals surface area contributed by atoms with Gasteiger partial charge in [-0.1, -0.05) is 176 Å². The minimum Gasteiger partial charge on any atom is -0.459 e. The molecule has 13 rings (SSSR count). The molecule has 1 heterocycles. The predicted molar refractivity (Wildman–Crippen MR) is 265 cm³/mol. The van der Waals surface area contributed by atoms with Crippen LogP contribution in [0.4, 0.5) is 34.1 Å². The Morgan fingerprint density at radius 1 is 0.328 bits per heavy atom. The van der Waals surface area contributed by atoms with Crippen molar-refractivity contribution >= 4 is 55.9 Å². The Morgan fingerprint density at radius 3 is 1.67 bits per heavy atom. The van der Waals surface area contributed by atoms with Gasteiger partial charge in [-0.05, 0) is 111 Å². The van der Waals surface area contributed by atoms with Crippen LogP contribution in [-0.4, -0.2) is 0 Å². The van der Waals surface area contributed by atoms with Crippen LogP contribution in [0.25, 0.3) is 55.1 Å². The molecule has 64 heavy (non-hydrogen) atoms. The molecule has 2 aliphatic rings. The van der Waals surface area contributed by atoms with E-state index in [0.717, 1.165) is 56.4 Å². The zero-order chi connectivity index (χ0) is 42.2. The normalized spacial score (nSPS) is 14.3. The molecule has 0 N–H and O–H groups in total. The van der Waals surface area contributed by atoms with Gasteiger partial charge in [-0.3, -0.25) is 0 Å². The van der Waals surface area contributed by atoms with Gasteiger partial charge in [-0.2, -0.15) is 0 Å². The molecule has 0 fully saturated rings. The average molecular weight is 817 g/mol. The number of para-hydroxylation sites is 3. The molecule has 0 radical (unpaired) electrons. The SMILES string of the molecule is c1ccc(-c2ccc(N(c3ccccc3)c3ccc4c(c3)C3(c5ccccc5-c5c(N(c6ccccc6)c6cccc7ccccc67)cccc53)c3oc5ccccc5c3-4)cc2)cc1. The van der Waals surface area contributed by atoms with Crippen LogP contribution >= 0.6 is 0 Å². The molecule has 11 aromatic rings. The Morgan fingerprint density at radius 2 is 0.875 bits per heavy atom. The van der Waals surface area contributed by atoms with Crippen LogP contribution in [0.5, 0.6) is 0 Å². The predicted octanol–water partition coefficient (Wildman–Crippen LogP) is 16.5. The van der Waals surface area contributed by atoms with Crippen molar-refractivity contribution < 1.29 is 4.42 Å². The number of hydrogen-bond acceptors (Lipinski definition) is 3. The molecule has 1 unspecified atom stereocenters. The first-order valence-electron chi connectivity index (χ1n) is 22.0. The van der Waals surface area contributed by atoms with Gasteiger partial charge in [0, 0.05) is 44.6 Å². The third-order valence-corrected chi connectivity index (χ3v) is 13.4. The van der Waals surface area contributed by atoms with E-state index in [1.54, 1.807) is 0 Å². The maximum atomic E-state index is 7.27. The Labute approximate surface area is 372 Å². The molecule has 0 saturated heterocycles. The van der Waals surface area contributed by atoms with E-state index in [0.29, 0.717) is 0 Å². The summed E-state index contributed by atoms with van der Waals surface area (Å²) in [6, 6.07) is 87.9. The lowest BCUT2D eigenvalue weighted by Crippen LogP contribution is -2.26. The van der Waals surface area contributed by atoms with E-state index in [2.05, 4.69) is 252 Å². The van der Waals surface area contributed by atoms with Gasteiger partial charge in [0.05, 0.1) is 11.4 Å². The summed E-state index contributed by atoms with van der Waals surface area (Å²) in [6.07, 6.45) is 0. The third-order valence-electron chi connectivity index (χ3n) is 13.4. The molecule has 3 heteroatoms. The summed E-state index contributed by atoms with van der Waals surface area (Å²) in [5, 5.41) is 3.52. The molecule has 1 atom stereocenters. The molecule has 1 spiro atoms. The van der Waals surface area contributed by atoms with Crippen LogP contribution in [-0.2, 0) is 5.41 Å². The molecular weight excluding hydrogens is 777 g/mol. The highest BCUT2D eigenvalue weighted by atomic mass is 16.3. The largest absolute Gasteiger partial charge is 0.459 e. The second-order valence-corrected chi connectivity index (χ2v) is 16.8. The van der Waals surface area contributed by atoms with Gasteiger partial charge in [0.15, 0.2) is 0 Å². The summed E-state index contributed by atoms with van der Waals surface area (Å²) in [5.41, 5.74) is 17.5. The zero-order valence-corrected chi connectivity index (χ0v) is 34.9. The number of anilines is 6. The summed E-state index contributed by atoms with van der Waals surface area (Å²) < 4.78 is 7.27.